The van der Waals surface area contributed by atoms with Crippen molar-refractivity contribution in [2.24, 2.45) is 0 Å². The van der Waals surface area contributed by atoms with Crippen molar-refractivity contribution in [3.63, 3.8) is 0 Å². The van der Waals surface area contributed by atoms with Gasteiger partial charge in [-0.1, -0.05) is 176 Å². The molecule has 0 aromatic rings. The summed E-state index contributed by atoms with van der Waals surface area (Å²) in [7, 11) is 0. The number of allylic oxidation sites excluding steroid dienone is 13. The molecule has 0 aliphatic carbocycles. The van der Waals surface area contributed by atoms with Gasteiger partial charge in [0.25, 0.3) is 0 Å². The number of hydrogen-bond acceptors (Lipinski definition) is 13. The van der Waals surface area contributed by atoms with Gasteiger partial charge in [-0.2, -0.15) is 0 Å². The fourth-order valence-corrected chi connectivity index (χ4v) is 8.55. The zero-order valence-corrected chi connectivity index (χ0v) is 44.1. The molecule has 12 unspecified atom stereocenters. The van der Waals surface area contributed by atoms with Gasteiger partial charge in [0, 0.05) is 6.42 Å². The van der Waals surface area contributed by atoms with Crippen molar-refractivity contribution in [2.75, 3.05) is 19.8 Å². The first-order valence-corrected chi connectivity index (χ1v) is 27.8. The zero-order valence-electron chi connectivity index (χ0n) is 44.1. The van der Waals surface area contributed by atoms with Gasteiger partial charge < -0.3 is 65.1 Å². The minimum atomic E-state index is -1.80. The predicted molar refractivity (Wildman–Crippen MR) is 286 cm³/mol. The first-order valence-electron chi connectivity index (χ1n) is 27.8. The SMILES string of the molecule is CC/C=C\C/C=C\C/C=C\C/C=C\CCCCCCCCCCCCC(=O)NC(COC1OC(CO)C(OC2OC(CO)C(O)C(O)C2O)C(O)C1O)C(O)/C=C/CC/C=C/CC/C=C/CCCCCCC. The molecule has 2 heterocycles. The third-order valence-electron chi connectivity index (χ3n) is 13.0. The molecule has 72 heavy (non-hydrogen) atoms. The Morgan fingerprint density at radius 3 is 1.53 bits per heavy atom. The normalized spacial score (nSPS) is 26.2. The summed E-state index contributed by atoms with van der Waals surface area (Å²) in [6.45, 7) is 2.62. The molecule has 2 aliphatic rings. The van der Waals surface area contributed by atoms with Crippen LogP contribution in [-0.4, -0.2) is 140 Å². The van der Waals surface area contributed by atoms with Crippen LogP contribution in [0.3, 0.4) is 0 Å². The second-order valence-corrected chi connectivity index (χ2v) is 19.3. The molecule has 9 N–H and O–H groups in total. The highest BCUT2D eigenvalue weighted by molar-refractivity contribution is 5.76. The molecule has 2 saturated heterocycles. The molecule has 0 bridgehead atoms. The van der Waals surface area contributed by atoms with E-state index in [9.17, 15) is 45.6 Å². The maximum atomic E-state index is 13.2. The molecule has 0 aromatic carbocycles. The lowest BCUT2D eigenvalue weighted by molar-refractivity contribution is -0.359. The first-order chi connectivity index (χ1) is 35.1. The fraction of sp³-hybridized carbons (Fsp3) is 0.741. The lowest BCUT2D eigenvalue weighted by atomic mass is 9.97. The van der Waals surface area contributed by atoms with Crippen LogP contribution in [0.5, 0.6) is 0 Å². The molecule has 2 fully saturated rings. The van der Waals surface area contributed by atoms with Crippen LogP contribution in [0.2, 0.25) is 0 Å². The first kappa shape index (κ1) is 65.3. The van der Waals surface area contributed by atoms with Crippen LogP contribution in [0.1, 0.15) is 181 Å². The molecule has 0 radical (unpaired) electrons. The predicted octanol–water partition coefficient (Wildman–Crippen LogP) is 8.55. The topological polar surface area (TPSA) is 228 Å². The number of ether oxygens (including phenoxy) is 4. The summed E-state index contributed by atoms with van der Waals surface area (Å²) in [5, 5.41) is 86.9. The second kappa shape index (κ2) is 43.4. The molecule has 2 rings (SSSR count). The van der Waals surface area contributed by atoms with Crippen molar-refractivity contribution < 1.29 is 64.6 Å². The molecule has 1 amide bonds. The van der Waals surface area contributed by atoms with E-state index < -0.39 is 86.8 Å². The van der Waals surface area contributed by atoms with Gasteiger partial charge in [0.2, 0.25) is 5.91 Å². The van der Waals surface area contributed by atoms with Gasteiger partial charge in [-0.15, -0.1) is 0 Å². The maximum Gasteiger partial charge on any atom is 0.220 e. The molecule has 12 atom stereocenters. The summed E-state index contributed by atoms with van der Waals surface area (Å²) in [5.41, 5.74) is 0. The van der Waals surface area contributed by atoms with Crippen LogP contribution in [-0.2, 0) is 23.7 Å². The highest BCUT2D eigenvalue weighted by atomic mass is 16.7. The highest BCUT2D eigenvalue weighted by Gasteiger charge is 2.51. The van der Waals surface area contributed by atoms with Gasteiger partial charge in [0.15, 0.2) is 12.6 Å². The van der Waals surface area contributed by atoms with E-state index in [1.54, 1.807) is 6.08 Å². The maximum absolute atomic E-state index is 13.2. The summed E-state index contributed by atoms with van der Waals surface area (Å²) >= 11 is 0. The van der Waals surface area contributed by atoms with Gasteiger partial charge in [-0.05, 0) is 83.5 Å². The third-order valence-corrected chi connectivity index (χ3v) is 13.0. The van der Waals surface area contributed by atoms with Gasteiger partial charge in [-0.3, -0.25) is 4.79 Å². The van der Waals surface area contributed by atoms with Crippen molar-refractivity contribution in [3.8, 4) is 0 Å². The van der Waals surface area contributed by atoms with Crippen LogP contribution in [0.25, 0.3) is 0 Å². The molecular weight excluding hydrogens is 919 g/mol. The summed E-state index contributed by atoms with van der Waals surface area (Å²) < 4.78 is 22.7. The second-order valence-electron chi connectivity index (χ2n) is 19.3. The van der Waals surface area contributed by atoms with E-state index in [2.05, 4.69) is 92.1 Å². The third kappa shape index (κ3) is 29.3. The number of aliphatic hydroxyl groups excluding tert-OH is 8. The molecule has 2 aliphatic heterocycles. The quantitative estimate of drug-likeness (QED) is 0.0207. The molecule has 0 saturated carbocycles. The Bertz CT molecular complexity index is 1530. The van der Waals surface area contributed by atoms with E-state index in [1.165, 1.54) is 70.6 Å². The minimum absolute atomic E-state index is 0.260. The Labute approximate surface area is 433 Å². The smallest absolute Gasteiger partial charge is 0.220 e. The molecule has 0 spiro atoms. The fourth-order valence-electron chi connectivity index (χ4n) is 8.55. The van der Waals surface area contributed by atoms with E-state index in [0.717, 1.165) is 77.0 Å². The van der Waals surface area contributed by atoms with E-state index in [4.69, 9.17) is 18.9 Å². The van der Waals surface area contributed by atoms with Gasteiger partial charge in [0.1, 0.15) is 48.8 Å². The summed E-state index contributed by atoms with van der Waals surface area (Å²) in [4.78, 5) is 13.2. The Balaban J connectivity index is 1.80. The van der Waals surface area contributed by atoms with E-state index in [1.807, 2.05) is 6.08 Å². The Hall–Kier alpha value is -2.83. The van der Waals surface area contributed by atoms with Crippen molar-refractivity contribution in [1.82, 2.24) is 5.32 Å². The number of carbonyl (C=O) groups is 1. The van der Waals surface area contributed by atoms with E-state index in [0.29, 0.717) is 12.8 Å². The van der Waals surface area contributed by atoms with Crippen molar-refractivity contribution in [3.05, 3.63) is 85.1 Å². The molecule has 414 valence electrons. The van der Waals surface area contributed by atoms with Crippen molar-refractivity contribution in [2.45, 2.75) is 254 Å². The number of nitrogens with one attached hydrogen (secondary N) is 1. The van der Waals surface area contributed by atoms with Crippen LogP contribution >= 0.6 is 0 Å². The monoisotopic (exact) mass is 1020 g/mol. The number of amides is 1. The van der Waals surface area contributed by atoms with Gasteiger partial charge in [0.05, 0.1) is 32.0 Å². The zero-order chi connectivity index (χ0) is 52.4. The number of hydrogen-bond donors (Lipinski definition) is 9. The van der Waals surface area contributed by atoms with Gasteiger partial charge in [-0.25, -0.2) is 0 Å². The number of rotatable bonds is 42. The average molecular weight is 1020 g/mol. The van der Waals surface area contributed by atoms with Gasteiger partial charge >= 0.3 is 0 Å². The van der Waals surface area contributed by atoms with Crippen LogP contribution < -0.4 is 5.32 Å². The summed E-state index contributed by atoms with van der Waals surface area (Å²) in [6.07, 6.45) is 40.4. The Morgan fingerprint density at radius 1 is 0.514 bits per heavy atom. The lowest BCUT2D eigenvalue weighted by Crippen LogP contribution is -2.65. The average Bonchev–Trinajstić information content (AvgIpc) is 3.38. The Kier molecular flexibility index (Phi) is 39.4. The van der Waals surface area contributed by atoms with E-state index in [-0.39, 0.29) is 18.9 Å². The standard InChI is InChI=1S/C58H99NO13/c1-3-5-7-9-11-13-15-17-19-20-21-22-23-24-25-26-28-30-32-34-36-38-40-42-50(63)59-46(47(62)41-39-37-35-33-31-29-27-18-16-14-12-10-8-6-4-2)45-69-57-55(68)53(66)56(49(44-61)71-57)72-58-54(67)52(65)51(64)48(43-60)70-58/h5,7,11,13,16-19,21-22,31,33,39,41,46-49,51-58,60-62,64-68H,3-4,6,8-10,12,14-15,20,23-30,32,34-38,40,42-45H2,1-2H3,(H,59,63)/b7-5-,13-11-,18-16+,19-17-,22-21-,33-31+,41-39+. The van der Waals surface area contributed by atoms with E-state index >= 15 is 0 Å². The lowest BCUT2D eigenvalue weighted by Gasteiger charge is -2.46. The largest absolute Gasteiger partial charge is 0.394 e. The van der Waals surface area contributed by atoms with Crippen molar-refractivity contribution in [1.29, 1.82) is 0 Å². The molecule has 14 nitrogen and oxygen atoms in total. The highest BCUT2D eigenvalue weighted by Crippen LogP contribution is 2.30. The van der Waals surface area contributed by atoms with Crippen LogP contribution in [0, 0.1) is 0 Å². The number of aliphatic hydroxyl groups is 8. The van der Waals surface area contributed by atoms with Crippen LogP contribution in [0.15, 0.2) is 85.1 Å². The van der Waals surface area contributed by atoms with Crippen molar-refractivity contribution >= 4 is 5.91 Å². The summed E-state index contributed by atoms with van der Waals surface area (Å²) in [5.74, 6) is -0.263. The Morgan fingerprint density at radius 2 is 0.972 bits per heavy atom. The summed E-state index contributed by atoms with van der Waals surface area (Å²) in [6, 6.07) is -0.944. The number of unbranched alkanes of at least 4 members (excludes halogenated alkanes) is 17. The molecular formula is C58H99NO13. The van der Waals surface area contributed by atoms with Crippen LogP contribution in [0.4, 0.5) is 0 Å². The minimum Gasteiger partial charge on any atom is -0.394 e. The molecule has 14 heteroatoms. The number of carbonyl (C=O) groups excluding carboxylic acids is 1. The molecule has 0 aromatic heterocycles.